The first-order valence-corrected chi connectivity index (χ1v) is 5.86. The molecule has 0 spiro atoms. The second kappa shape index (κ2) is 4.14. The second-order valence-corrected chi connectivity index (χ2v) is 4.16. The molecule has 0 aliphatic carbocycles. The van der Waals surface area contributed by atoms with Crippen molar-refractivity contribution >= 4 is 17.2 Å². The number of aryl methyl sites for hydroxylation is 2. The number of rotatable bonds is 3. The molecule has 0 bridgehead atoms. The van der Waals surface area contributed by atoms with Crippen LogP contribution in [0, 0.1) is 6.92 Å². The number of hydrogen-bond acceptors (Lipinski definition) is 4. The van der Waals surface area contributed by atoms with Crippen molar-refractivity contribution in [2.24, 2.45) is 0 Å². The Balaban J connectivity index is 2.00. The Morgan fingerprint density at radius 2 is 2.17 bits per heavy atom. The molecule has 3 aromatic heterocycles. The van der Waals surface area contributed by atoms with Crippen LogP contribution in [0.5, 0.6) is 0 Å². The van der Waals surface area contributed by atoms with Crippen LogP contribution in [-0.2, 0) is 6.54 Å². The summed E-state index contributed by atoms with van der Waals surface area (Å²) in [6.07, 6.45) is 5.31. The molecule has 6 nitrogen and oxygen atoms in total. The monoisotopic (exact) mass is 242 g/mol. The fraction of sp³-hybridized carbons (Fsp3) is 0.250. The predicted octanol–water partition coefficient (Wildman–Crippen LogP) is 2.00. The Morgan fingerprint density at radius 1 is 1.28 bits per heavy atom. The molecule has 0 atom stereocenters. The number of hydrogen-bond donors (Lipinski definition) is 1. The van der Waals surface area contributed by atoms with Gasteiger partial charge >= 0.3 is 0 Å². The third kappa shape index (κ3) is 1.81. The first-order valence-electron chi connectivity index (χ1n) is 5.86. The molecule has 0 amide bonds. The van der Waals surface area contributed by atoms with Crippen LogP contribution < -0.4 is 5.32 Å². The first-order chi connectivity index (χ1) is 8.76. The van der Waals surface area contributed by atoms with Gasteiger partial charge in [0.25, 0.3) is 0 Å². The van der Waals surface area contributed by atoms with Gasteiger partial charge in [-0.15, -0.1) is 0 Å². The van der Waals surface area contributed by atoms with E-state index in [-0.39, 0.29) is 0 Å². The highest BCUT2D eigenvalue weighted by Crippen LogP contribution is 2.18. The van der Waals surface area contributed by atoms with Gasteiger partial charge in [-0.25, -0.2) is 4.98 Å². The van der Waals surface area contributed by atoms with E-state index in [1.54, 1.807) is 17.0 Å². The molecule has 1 N–H and O–H groups in total. The maximum Gasteiger partial charge on any atom is 0.157 e. The average molecular weight is 242 g/mol. The summed E-state index contributed by atoms with van der Waals surface area (Å²) in [6.45, 7) is 4.95. The van der Waals surface area contributed by atoms with E-state index in [9.17, 15) is 0 Å². The van der Waals surface area contributed by atoms with Crippen LogP contribution in [0.25, 0.3) is 5.65 Å². The number of anilines is 2. The van der Waals surface area contributed by atoms with Gasteiger partial charge in [-0.1, -0.05) is 0 Å². The van der Waals surface area contributed by atoms with Gasteiger partial charge in [0.2, 0.25) is 0 Å². The van der Waals surface area contributed by atoms with Gasteiger partial charge in [0, 0.05) is 12.7 Å². The zero-order valence-electron chi connectivity index (χ0n) is 10.3. The zero-order chi connectivity index (χ0) is 12.5. The molecule has 0 aromatic carbocycles. The molecule has 0 unspecified atom stereocenters. The molecule has 0 saturated heterocycles. The Kier molecular flexibility index (Phi) is 2.47. The minimum Gasteiger partial charge on any atom is -0.338 e. The summed E-state index contributed by atoms with van der Waals surface area (Å²) in [5.41, 5.74) is 2.92. The molecule has 0 fully saturated rings. The van der Waals surface area contributed by atoms with Crippen LogP contribution in [0.2, 0.25) is 0 Å². The topological polar surface area (TPSA) is 60.0 Å². The van der Waals surface area contributed by atoms with E-state index in [0.29, 0.717) is 0 Å². The highest BCUT2D eigenvalue weighted by atomic mass is 15.3. The molecule has 0 radical (unpaired) electrons. The van der Waals surface area contributed by atoms with Crippen molar-refractivity contribution in [1.29, 1.82) is 0 Å². The van der Waals surface area contributed by atoms with E-state index >= 15 is 0 Å². The van der Waals surface area contributed by atoms with Gasteiger partial charge in [-0.05, 0) is 31.5 Å². The van der Waals surface area contributed by atoms with Crippen molar-refractivity contribution in [3.05, 3.63) is 36.4 Å². The van der Waals surface area contributed by atoms with Crippen molar-refractivity contribution < 1.29 is 0 Å². The predicted molar refractivity (Wildman–Crippen MR) is 68.9 cm³/mol. The van der Waals surface area contributed by atoms with Crippen LogP contribution >= 0.6 is 0 Å². The molecule has 3 rings (SSSR count). The third-order valence-electron chi connectivity index (χ3n) is 2.75. The maximum absolute atomic E-state index is 4.23. The van der Waals surface area contributed by atoms with Crippen molar-refractivity contribution in [2.75, 3.05) is 5.32 Å². The van der Waals surface area contributed by atoms with Crippen molar-refractivity contribution in [1.82, 2.24) is 24.4 Å². The van der Waals surface area contributed by atoms with E-state index < -0.39 is 0 Å². The van der Waals surface area contributed by atoms with E-state index in [4.69, 9.17) is 0 Å². The number of fused-ring (bicyclic) bond motifs is 1. The standard InChI is InChI=1S/C12H14N6/c1-3-17-7-10(6-14-17)16-12-5-9(2)4-11-13-8-15-18(11)12/h4-8,16H,3H2,1-2H3. The Hall–Kier alpha value is -2.37. The summed E-state index contributed by atoms with van der Waals surface area (Å²) in [6, 6.07) is 4.03. The highest BCUT2D eigenvalue weighted by Gasteiger charge is 2.05. The van der Waals surface area contributed by atoms with Gasteiger partial charge in [-0.3, -0.25) is 4.68 Å². The summed E-state index contributed by atoms with van der Waals surface area (Å²) in [4.78, 5) is 4.19. The van der Waals surface area contributed by atoms with E-state index in [1.807, 2.05) is 29.9 Å². The SMILES string of the molecule is CCn1cc(Nc2cc(C)cc3ncnn23)cn1. The number of nitrogens with zero attached hydrogens (tertiary/aromatic N) is 5. The molecule has 92 valence electrons. The summed E-state index contributed by atoms with van der Waals surface area (Å²) < 4.78 is 3.65. The summed E-state index contributed by atoms with van der Waals surface area (Å²) in [7, 11) is 0. The minimum absolute atomic E-state index is 0.834. The van der Waals surface area contributed by atoms with Gasteiger partial charge in [0.1, 0.15) is 12.1 Å². The van der Waals surface area contributed by atoms with Gasteiger partial charge in [-0.2, -0.15) is 14.7 Å². The van der Waals surface area contributed by atoms with E-state index in [1.165, 1.54) is 0 Å². The first kappa shape index (κ1) is 10.8. The van der Waals surface area contributed by atoms with E-state index in [0.717, 1.165) is 29.3 Å². The fourth-order valence-corrected chi connectivity index (χ4v) is 1.89. The lowest BCUT2D eigenvalue weighted by Gasteiger charge is -2.06. The van der Waals surface area contributed by atoms with Crippen molar-refractivity contribution in [3.8, 4) is 0 Å². The fourth-order valence-electron chi connectivity index (χ4n) is 1.89. The van der Waals surface area contributed by atoms with Crippen LogP contribution in [0.15, 0.2) is 30.9 Å². The zero-order valence-corrected chi connectivity index (χ0v) is 10.3. The van der Waals surface area contributed by atoms with Crippen molar-refractivity contribution in [3.63, 3.8) is 0 Å². The van der Waals surface area contributed by atoms with Crippen LogP contribution in [-0.4, -0.2) is 24.4 Å². The molecular formula is C12H14N6. The normalized spacial score (nSPS) is 11.0. The molecule has 0 saturated carbocycles. The smallest absolute Gasteiger partial charge is 0.157 e. The second-order valence-electron chi connectivity index (χ2n) is 4.16. The third-order valence-corrected chi connectivity index (χ3v) is 2.75. The van der Waals surface area contributed by atoms with Crippen LogP contribution in [0.1, 0.15) is 12.5 Å². The minimum atomic E-state index is 0.834. The van der Waals surface area contributed by atoms with E-state index in [2.05, 4.69) is 27.4 Å². The average Bonchev–Trinajstić information content (AvgIpc) is 2.97. The van der Waals surface area contributed by atoms with Crippen LogP contribution in [0.3, 0.4) is 0 Å². The summed E-state index contributed by atoms with van der Waals surface area (Å²) in [5.74, 6) is 0.887. The largest absolute Gasteiger partial charge is 0.338 e. The molecule has 3 heterocycles. The quantitative estimate of drug-likeness (QED) is 0.763. The molecule has 18 heavy (non-hydrogen) atoms. The Labute approximate surface area is 104 Å². The molecular weight excluding hydrogens is 228 g/mol. The summed E-state index contributed by atoms with van der Waals surface area (Å²) >= 11 is 0. The maximum atomic E-state index is 4.23. The number of nitrogens with one attached hydrogen (secondary N) is 1. The lowest BCUT2D eigenvalue weighted by Crippen LogP contribution is -2.00. The molecule has 0 aliphatic heterocycles. The van der Waals surface area contributed by atoms with Gasteiger partial charge < -0.3 is 5.32 Å². The van der Waals surface area contributed by atoms with Gasteiger partial charge in [0.05, 0.1) is 11.9 Å². The lowest BCUT2D eigenvalue weighted by molar-refractivity contribution is 0.660. The highest BCUT2D eigenvalue weighted by molar-refractivity contribution is 5.59. The Morgan fingerprint density at radius 3 is 2.94 bits per heavy atom. The van der Waals surface area contributed by atoms with Crippen LogP contribution in [0.4, 0.5) is 11.5 Å². The number of aromatic nitrogens is 5. The number of pyridine rings is 1. The molecule has 6 heteroatoms. The lowest BCUT2D eigenvalue weighted by atomic mass is 10.3. The Bertz CT molecular complexity index is 681. The molecule has 0 aliphatic rings. The molecule has 3 aromatic rings. The van der Waals surface area contributed by atoms with Crippen molar-refractivity contribution in [2.45, 2.75) is 20.4 Å². The summed E-state index contributed by atoms with van der Waals surface area (Å²) in [5, 5.41) is 11.7. The van der Waals surface area contributed by atoms with Gasteiger partial charge in [0.15, 0.2) is 5.65 Å².